The van der Waals surface area contributed by atoms with Gasteiger partial charge in [0.25, 0.3) is 5.91 Å². The van der Waals surface area contributed by atoms with Gasteiger partial charge in [-0.15, -0.1) is 0 Å². The van der Waals surface area contributed by atoms with E-state index in [9.17, 15) is 9.59 Å². The largest absolute Gasteiger partial charge is 0.494 e. The number of esters is 1. The number of hydrogen-bond donors (Lipinski definition) is 1. The molecule has 2 aromatic rings. The van der Waals surface area contributed by atoms with E-state index < -0.39 is 11.9 Å². The maximum atomic E-state index is 13.0. The highest BCUT2D eigenvalue weighted by Crippen LogP contribution is 2.34. The van der Waals surface area contributed by atoms with Gasteiger partial charge < -0.3 is 29.0 Å². The lowest BCUT2D eigenvalue weighted by Crippen LogP contribution is -2.16. The topological polar surface area (TPSA) is 92.3 Å². The van der Waals surface area contributed by atoms with Crippen molar-refractivity contribution in [2.24, 2.45) is 0 Å². The highest BCUT2D eigenvalue weighted by molar-refractivity contribution is 6.08. The van der Waals surface area contributed by atoms with Crippen molar-refractivity contribution < 1.29 is 33.3 Å². The molecule has 0 aliphatic heterocycles. The van der Waals surface area contributed by atoms with Crippen molar-refractivity contribution in [2.75, 3.05) is 33.3 Å². The number of amides is 1. The Bertz CT molecular complexity index is 924. The van der Waals surface area contributed by atoms with Crippen LogP contribution in [0, 0.1) is 0 Å². The molecule has 2 rings (SSSR count). The van der Waals surface area contributed by atoms with Crippen LogP contribution in [0.4, 0.5) is 5.69 Å². The average molecular weight is 431 g/mol. The van der Waals surface area contributed by atoms with Crippen LogP contribution in [0.5, 0.6) is 17.2 Å². The van der Waals surface area contributed by atoms with Crippen LogP contribution in [0.25, 0.3) is 0 Å². The third-order valence-electron chi connectivity index (χ3n) is 4.37. The maximum absolute atomic E-state index is 13.0. The SMILES string of the molecule is CCOc1ccc(C(=O)Nc2cc(OC)c(OC)cc2C(=O)OC)cc1COC(C)C. The summed E-state index contributed by atoms with van der Waals surface area (Å²) in [6, 6.07) is 8.06. The molecule has 0 fully saturated rings. The van der Waals surface area contributed by atoms with Crippen LogP contribution >= 0.6 is 0 Å². The van der Waals surface area contributed by atoms with Crippen molar-refractivity contribution in [3.8, 4) is 17.2 Å². The molecule has 1 N–H and O–H groups in total. The van der Waals surface area contributed by atoms with E-state index in [1.165, 1.54) is 33.5 Å². The Morgan fingerprint density at radius 3 is 2.23 bits per heavy atom. The Kier molecular flexibility index (Phi) is 8.69. The van der Waals surface area contributed by atoms with Crippen molar-refractivity contribution in [3.63, 3.8) is 0 Å². The lowest BCUT2D eigenvalue weighted by atomic mass is 10.1. The molecule has 0 aliphatic carbocycles. The van der Waals surface area contributed by atoms with Gasteiger partial charge in [0.1, 0.15) is 5.75 Å². The van der Waals surface area contributed by atoms with Gasteiger partial charge in [0.2, 0.25) is 0 Å². The van der Waals surface area contributed by atoms with Crippen molar-refractivity contribution in [2.45, 2.75) is 33.5 Å². The normalized spacial score (nSPS) is 10.5. The molecule has 0 aliphatic rings. The van der Waals surface area contributed by atoms with Crippen molar-refractivity contribution in [1.29, 1.82) is 0 Å². The second kappa shape index (κ2) is 11.2. The van der Waals surface area contributed by atoms with Gasteiger partial charge in [-0.2, -0.15) is 0 Å². The lowest BCUT2D eigenvalue weighted by Gasteiger charge is -2.16. The zero-order valence-electron chi connectivity index (χ0n) is 18.7. The summed E-state index contributed by atoms with van der Waals surface area (Å²) in [5.41, 5.74) is 1.52. The van der Waals surface area contributed by atoms with E-state index in [1.807, 2.05) is 20.8 Å². The Hall–Kier alpha value is -3.26. The highest BCUT2D eigenvalue weighted by atomic mass is 16.5. The quantitative estimate of drug-likeness (QED) is 0.567. The molecule has 168 valence electrons. The van der Waals surface area contributed by atoms with Gasteiger partial charge in [-0.1, -0.05) is 0 Å². The summed E-state index contributed by atoms with van der Waals surface area (Å²) in [5, 5.41) is 2.75. The number of rotatable bonds is 10. The molecular formula is C23H29NO7. The fourth-order valence-corrected chi connectivity index (χ4v) is 2.84. The molecule has 0 heterocycles. The van der Waals surface area contributed by atoms with Crippen LogP contribution in [-0.2, 0) is 16.1 Å². The summed E-state index contributed by atoms with van der Waals surface area (Å²) in [4.78, 5) is 25.2. The third kappa shape index (κ3) is 6.11. The maximum Gasteiger partial charge on any atom is 0.340 e. The first-order valence-electron chi connectivity index (χ1n) is 9.87. The standard InChI is InChI=1S/C23H29NO7/c1-7-30-19-9-8-15(10-16(19)13-31-14(2)3)22(25)24-18-12-21(28-5)20(27-4)11-17(18)23(26)29-6/h8-12,14H,7,13H2,1-6H3,(H,24,25). The van der Waals surface area contributed by atoms with Gasteiger partial charge in [0, 0.05) is 23.3 Å². The van der Waals surface area contributed by atoms with E-state index in [0.717, 1.165) is 5.56 Å². The minimum absolute atomic E-state index is 0.0290. The van der Waals surface area contributed by atoms with E-state index in [4.69, 9.17) is 23.7 Å². The summed E-state index contributed by atoms with van der Waals surface area (Å²) < 4.78 is 26.7. The number of carbonyl (C=O) groups is 2. The van der Waals surface area contributed by atoms with Crippen molar-refractivity contribution >= 4 is 17.6 Å². The van der Waals surface area contributed by atoms with Crippen LogP contribution in [0.15, 0.2) is 30.3 Å². The Morgan fingerprint density at radius 1 is 0.968 bits per heavy atom. The Balaban J connectivity index is 2.39. The number of benzene rings is 2. The molecule has 8 heteroatoms. The monoisotopic (exact) mass is 431 g/mol. The van der Waals surface area contributed by atoms with Crippen molar-refractivity contribution in [1.82, 2.24) is 0 Å². The molecular weight excluding hydrogens is 402 g/mol. The molecule has 0 unspecified atom stereocenters. The second-order valence-corrected chi connectivity index (χ2v) is 6.81. The zero-order chi connectivity index (χ0) is 23.0. The highest BCUT2D eigenvalue weighted by Gasteiger charge is 2.20. The third-order valence-corrected chi connectivity index (χ3v) is 4.37. The van der Waals surface area contributed by atoms with Crippen LogP contribution in [0.3, 0.4) is 0 Å². The molecule has 0 saturated carbocycles. The second-order valence-electron chi connectivity index (χ2n) is 6.81. The number of ether oxygens (including phenoxy) is 5. The van der Waals surface area contributed by atoms with E-state index in [0.29, 0.717) is 36.0 Å². The molecule has 8 nitrogen and oxygen atoms in total. The first kappa shape index (κ1) is 24.0. The minimum Gasteiger partial charge on any atom is -0.494 e. The Labute approximate surface area is 182 Å². The predicted octanol–water partition coefficient (Wildman–Crippen LogP) is 4.07. The molecule has 0 radical (unpaired) electrons. The number of methoxy groups -OCH3 is 3. The zero-order valence-corrected chi connectivity index (χ0v) is 18.7. The molecule has 1 amide bonds. The van der Waals surface area contributed by atoms with Crippen LogP contribution in [0.2, 0.25) is 0 Å². The van der Waals surface area contributed by atoms with Gasteiger partial charge in [-0.05, 0) is 39.0 Å². The molecule has 0 spiro atoms. The van der Waals surface area contributed by atoms with Crippen LogP contribution in [0.1, 0.15) is 47.1 Å². The molecule has 0 bridgehead atoms. The minimum atomic E-state index is -0.617. The van der Waals surface area contributed by atoms with Crippen LogP contribution < -0.4 is 19.5 Å². The number of hydrogen-bond acceptors (Lipinski definition) is 7. The molecule has 0 aromatic heterocycles. The van der Waals surface area contributed by atoms with Gasteiger partial charge in [0.15, 0.2) is 11.5 Å². The molecule has 31 heavy (non-hydrogen) atoms. The van der Waals surface area contributed by atoms with Gasteiger partial charge >= 0.3 is 5.97 Å². The van der Waals surface area contributed by atoms with E-state index >= 15 is 0 Å². The van der Waals surface area contributed by atoms with E-state index in [2.05, 4.69) is 5.32 Å². The number of carbonyl (C=O) groups excluding carboxylic acids is 2. The molecule has 0 atom stereocenters. The Morgan fingerprint density at radius 2 is 1.65 bits per heavy atom. The number of anilines is 1. The summed E-state index contributed by atoms with van der Waals surface area (Å²) in [7, 11) is 4.19. The fraction of sp³-hybridized carbons (Fsp3) is 0.391. The van der Waals surface area contributed by atoms with Crippen LogP contribution in [-0.4, -0.2) is 45.9 Å². The average Bonchev–Trinajstić information content (AvgIpc) is 2.77. The first-order valence-corrected chi connectivity index (χ1v) is 9.87. The molecule has 0 saturated heterocycles. The lowest BCUT2D eigenvalue weighted by molar-refractivity contribution is 0.0601. The van der Waals surface area contributed by atoms with E-state index in [-0.39, 0.29) is 17.4 Å². The van der Waals surface area contributed by atoms with Gasteiger partial charge in [0.05, 0.1) is 51.9 Å². The summed E-state index contributed by atoms with van der Waals surface area (Å²) in [5.74, 6) is 0.333. The predicted molar refractivity (Wildman–Crippen MR) is 116 cm³/mol. The van der Waals surface area contributed by atoms with Gasteiger partial charge in [-0.3, -0.25) is 4.79 Å². The first-order chi connectivity index (χ1) is 14.8. The summed E-state index contributed by atoms with van der Waals surface area (Å²) >= 11 is 0. The van der Waals surface area contributed by atoms with E-state index in [1.54, 1.807) is 18.2 Å². The van der Waals surface area contributed by atoms with Gasteiger partial charge in [-0.25, -0.2) is 4.79 Å². The molecule has 2 aromatic carbocycles. The smallest absolute Gasteiger partial charge is 0.340 e. The summed E-state index contributed by atoms with van der Waals surface area (Å²) in [6.07, 6.45) is 0.0290. The summed E-state index contributed by atoms with van der Waals surface area (Å²) in [6.45, 7) is 6.55. The number of nitrogens with one attached hydrogen (secondary N) is 1. The van der Waals surface area contributed by atoms with Crippen molar-refractivity contribution in [3.05, 3.63) is 47.0 Å². The fourth-order valence-electron chi connectivity index (χ4n) is 2.84.